The standard InChI is InChI=1S/C20H14F4N4O3.C16H7Cl2F2N5O/c1-9(29)8-28-17-16(12-6-10(21)2-4-13(12)23)26-27-18(17)25-19(20(28)30)31-15-5-3-11(22)7-14(15)24;17-9-5-21-6-10(18)13(9)14-8-4-22-16(23-15(8)25-24-14)26-12-2-1-7(19)3-11(12)20/h2-7,9,29H,8H2,1H3,(H,26,27);1-6H,(H,22,23,24,25). The van der Waals surface area contributed by atoms with Crippen LogP contribution in [0, 0.1) is 34.9 Å². The van der Waals surface area contributed by atoms with Crippen LogP contribution in [-0.4, -0.2) is 56.1 Å². The number of nitrogens with zero attached hydrogens (tertiary/aromatic N) is 7. The first-order valence-electron chi connectivity index (χ1n) is 16.2. The van der Waals surface area contributed by atoms with Crippen molar-refractivity contribution in [1.29, 1.82) is 0 Å². The van der Waals surface area contributed by atoms with Crippen LogP contribution in [0.3, 0.4) is 0 Å². The minimum atomic E-state index is -1.06. The fraction of sp³-hybridized carbons (Fsp3) is 0.0833. The Labute approximate surface area is 324 Å². The molecule has 3 N–H and O–H groups in total. The maximum Gasteiger partial charge on any atom is 0.324 e. The highest BCUT2D eigenvalue weighted by molar-refractivity contribution is 6.39. The van der Waals surface area contributed by atoms with E-state index in [-0.39, 0.29) is 40.7 Å². The maximum atomic E-state index is 14.3. The van der Waals surface area contributed by atoms with Crippen molar-refractivity contribution in [2.75, 3.05) is 0 Å². The number of pyridine rings is 1. The van der Waals surface area contributed by atoms with Gasteiger partial charge in [-0.1, -0.05) is 23.2 Å². The molecule has 0 saturated carbocycles. The molecule has 1 unspecified atom stereocenters. The van der Waals surface area contributed by atoms with E-state index in [0.717, 1.165) is 47.0 Å². The number of hydrogen-bond donors (Lipinski definition) is 3. The molecular formula is C36H21Cl2F6N9O4. The smallest absolute Gasteiger partial charge is 0.324 e. The van der Waals surface area contributed by atoms with E-state index in [1.165, 1.54) is 25.5 Å². The predicted octanol–water partition coefficient (Wildman–Crippen LogP) is 8.31. The number of aliphatic hydroxyl groups excluding tert-OH is 1. The van der Waals surface area contributed by atoms with Crippen LogP contribution >= 0.6 is 23.2 Å². The molecule has 21 heteroatoms. The van der Waals surface area contributed by atoms with Gasteiger partial charge in [-0.05, 0) is 49.4 Å². The molecule has 57 heavy (non-hydrogen) atoms. The maximum absolute atomic E-state index is 14.3. The van der Waals surface area contributed by atoms with E-state index in [1.807, 2.05) is 0 Å². The van der Waals surface area contributed by atoms with Crippen LogP contribution in [0.5, 0.6) is 23.4 Å². The second-order valence-corrected chi connectivity index (χ2v) is 12.7. The summed E-state index contributed by atoms with van der Waals surface area (Å²) in [5.41, 5.74) is -0.0537. The van der Waals surface area contributed by atoms with Crippen molar-refractivity contribution in [2.24, 2.45) is 0 Å². The van der Waals surface area contributed by atoms with Crippen molar-refractivity contribution in [1.82, 2.24) is 44.9 Å². The molecule has 0 aliphatic heterocycles. The number of ether oxygens (including phenoxy) is 2. The van der Waals surface area contributed by atoms with Gasteiger partial charge >= 0.3 is 11.6 Å². The van der Waals surface area contributed by atoms with E-state index in [9.17, 15) is 36.2 Å². The van der Waals surface area contributed by atoms with E-state index >= 15 is 0 Å². The second kappa shape index (κ2) is 15.9. The lowest BCUT2D eigenvalue weighted by atomic mass is 10.1. The Balaban J connectivity index is 0.000000177. The minimum absolute atomic E-state index is 0.0117. The summed E-state index contributed by atoms with van der Waals surface area (Å²) in [6, 6.07) is 8.01. The Morgan fingerprint density at radius 1 is 0.754 bits per heavy atom. The molecule has 1 atom stereocenters. The number of rotatable bonds is 8. The molecule has 0 aliphatic carbocycles. The molecule has 3 aromatic carbocycles. The number of aromatic amines is 2. The van der Waals surface area contributed by atoms with Crippen molar-refractivity contribution in [3.63, 3.8) is 0 Å². The SMILES string of the molecule is CC(O)Cn1c(=O)c(Oc2ccc(F)cc2F)nc2[nH]nc(-c3cc(F)ccc3F)c21.Fc1ccc(Oc2ncc3c(-c4c(Cl)cncc4Cl)n[nH]c3n2)c(F)c1. The van der Waals surface area contributed by atoms with Crippen molar-refractivity contribution < 1.29 is 40.9 Å². The van der Waals surface area contributed by atoms with Crippen molar-refractivity contribution in [3.8, 4) is 45.9 Å². The second-order valence-electron chi connectivity index (χ2n) is 11.9. The topological polar surface area (TPSA) is 170 Å². The number of benzene rings is 3. The molecule has 0 spiro atoms. The van der Waals surface area contributed by atoms with Crippen LogP contribution in [0.4, 0.5) is 26.3 Å². The number of aromatic nitrogens is 9. The number of halogens is 8. The molecule has 0 aliphatic rings. The molecule has 0 radical (unpaired) electrons. The minimum Gasteiger partial charge on any atom is -0.431 e. The predicted molar refractivity (Wildman–Crippen MR) is 193 cm³/mol. The fourth-order valence-electron chi connectivity index (χ4n) is 5.39. The molecule has 290 valence electrons. The molecule has 5 heterocycles. The zero-order valence-electron chi connectivity index (χ0n) is 28.5. The molecule has 0 saturated heterocycles. The van der Waals surface area contributed by atoms with Crippen molar-refractivity contribution in [2.45, 2.75) is 19.6 Å². The summed E-state index contributed by atoms with van der Waals surface area (Å²) in [5.74, 6) is -6.24. The van der Waals surface area contributed by atoms with Gasteiger partial charge < -0.3 is 14.6 Å². The summed E-state index contributed by atoms with van der Waals surface area (Å²) < 4.78 is 93.3. The van der Waals surface area contributed by atoms with Gasteiger partial charge in [-0.25, -0.2) is 31.3 Å². The third kappa shape index (κ3) is 8.06. The van der Waals surface area contributed by atoms with E-state index < -0.39 is 58.2 Å². The van der Waals surface area contributed by atoms with Gasteiger partial charge in [0.1, 0.15) is 40.2 Å². The Morgan fingerprint density at radius 3 is 2.00 bits per heavy atom. The Kier molecular flexibility index (Phi) is 10.8. The molecule has 5 aromatic heterocycles. The van der Waals surface area contributed by atoms with Crippen LogP contribution in [-0.2, 0) is 6.54 Å². The van der Waals surface area contributed by atoms with Gasteiger partial charge in [0.05, 0.1) is 28.1 Å². The highest BCUT2D eigenvalue weighted by Gasteiger charge is 2.23. The van der Waals surface area contributed by atoms with Crippen molar-refractivity contribution in [3.05, 3.63) is 128 Å². The van der Waals surface area contributed by atoms with Crippen LogP contribution in [0.2, 0.25) is 10.0 Å². The quantitative estimate of drug-likeness (QED) is 0.127. The highest BCUT2D eigenvalue weighted by atomic mass is 35.5. The van der Waals surface area contributed by atoms with Gasteiger partial charge in [-0.2, -0.15) is 20.2 Å². The van der Waals surface area contributed by atoms with Crippen LogP contribution in [0.1, 0.15) is 6.92 Å². The molecular weight excluding hydrogens is 807 g/mol. The van der Waals surface area contributed by atoms with E-state index in [2.05, 4.69) is 40.3 Å². The molecule has 0 bridgehead atoms. The Bertz CT molecular complexity index is 2850. The zero-order valence-corrected chi connectivity index (χ0v) is 30.1. The van der Waals surface area contributed by atoms with Gasteiger partial charge in [-0.3, -0.25) is 24.5 Å². The van der Waals surface area contributed by atoms with Crippen molar-refractivity contribution >= 4 is 45.4 Å². The number of H-pyrrole nitrogens is 2. The average Bonchev–Trinajstić information content (AvgIpc) is 3.77. The van der Waals surface area contributed by atoms with Gasteiger partial charge in [0, 0.05) is 41.9 Å². The Hall–Kier alpha value is -6.57. The lowest BCUT2D eigenvalue weighted by molar-refractivity contribution is 0.173. The number of fused-ring (bicyclic) bond motifs is 2. The first-order chi connectivity index (χ1) is 27.3. The van der Waals surface area contributed by atoms with E-state index in [1.54, 1.807) is 0 Å². The largest absolute Gasteiger partial charge is 0.431 e. The fourth-order valence-corrected chi connectivity index (χ4v) is 5.93. The third-order valence-corrected chi connectivity index (χ3v) is 8.42. The summed E-state index contributed by atoms with van der Waals surface area (Å²) >= 11 is 12.3. The number of hydrogen-bond acceptors (Lipinski definition) is 10. The van der Waals surface area contributed by atoms with Gasteiger partial charge in [0.2, 0.25) is 0 Å². The Morgan fingerprint density at radius 2 is 1.35 bits per heavy atom. The first kappa shape index (κ1) is 38.7. The van der Waals surface area contributed by atoms with Gasteiger partial charge in [0.25, 0.3) is 5.88 Å². The third-order valence-electron chi connectivity index (χ3n) is 7.85. The summed E-state index contributed by atoms with van der Waals surface area (Å²) in [4.78, 5) is 29.0. The van der Waals surface area contributed by atoms with E-state index in [4.69, 9.17) is 32.7 Å². The molecule has 8 aromatic rings. The lowest BCUT2D eigenvalue weighted by Gasteiger charge is -2.13. The molecule has 0 amide bonds. The van der Waals surface area contributed by atoms with E-state index in [0.29, 0.717) is 44.5 Å². The van der Waals surface area contributed by atoms with Crippen LogP contribution in [0.15, 0.2) is 78.0 Å². The van der Waals surface area contributed by atoms with Crippen LogP contribution < -0.4 is 15.0 Å². The number of nitrogens with one attached hydrogen (secondary N) is 2. The van der Waals surface area contributed by atoms with Crippen LogP contribution in [0.25, 0.3) is 44.7 Å². The molecule has 8 rings (SSSR count). The highest BCUT2D eigenvalue weighted by Crippen LogP contribution is 2.36. The summed E-state index contributed by atoms with van der Waals surface area (Å²) in [7, 11) is 0. The summed E-state index contributed by atoms with van der Waals surface area (Å²) in [6.07, 6.45) is 3.29. The lowest BCUT2D eigenvalue weighted by Crippen LogP contribution is -2.27. The van der Waals surface area contributed by atoms with Gasteiger partial charge in [0.15, 0.2) is 34.4 Å². The summed E-state index contributed by atoms with van der Waals surface area (Å²) in [6.45, 7) is 1.13. The zero-order chi connectivity index (χ0) is 40.5. The molecule has 13 nitrogen and oxygen atoms in total. The first-order valence-corrected chi connectivity index (χ1v) is 16.9. The number of aliphatic hydroxyl groups is 1. The van der Waals surface area contributed by atoms with Gasteiger partial charge in [-0.15, -0.1) is 0 Å². The monoisotopic (exact) mass is 827 g/mol. The summed E-state index contributed by atoms with van der Waals surface area (Å²) in [5, 5.41) is 24.3. The average molecular weight is 829 g/mol. The molecule has 0 fully saturated rings. The normalized spacial score (nSPS) is 11.8.